The van der Waals surface area contributed by atoms with Crippen molar-refractivity contribution in [1.82, 2.24) is 4.98 Å². The van der Waals surface area contributed by atoms with E-state index in [0.717, 1.165) is 5.52 Å². The van der Waals surface area contributed by atoms with Gasteiger partial charge in [-0.05, 0) is 24.3 Å². The second-order valence-corrected chi connectivity index (χ2v) is 4.82. The highest BCUT2D eigenvalue weighted by Crippen LogP contribution is 2.25. The molecule has 20 heavy (non-hydrogen) atoms. The predicted octanol–water partition coefficient (Wildman–Crippen LogP) is 3.92. The van der Waals surface area contributed by atoms with Gasteiger partial charge in [-0.3, -0.25) is 4.79 Å². The lowest BCUT2D eigenvalue weighted by Gasteiger charge is -2.01. The number of nitrogens with one attached hydrogen (secondary N) is 1. The lowest BCUT2D eigenvalue weighted by molar-refractivity contribution is 0.104. The highest BCUT2D eigenvalue weighted by atomic mass is 35.5. The van der Waals surface area contributed by atoms with E-state index in [9.17, 15) is 10.1 Å². The first-order valence-corrected chi connectivity index (χ1v) is 6.39. The number of nitrogens with zero attached hydrogens (tertiary/aromatic N) is 1. The van der Waals surface area contributed by atoms with Crippen LogP contribution >= 0.6 is 11.6 Å². The minimum atomic E-state index is -0.151. The Morgan fingerprint density at radius 1 is 1.20 bits per heavy atom. The maximum atomic E-state index is 12.6. The summed E-state index contributed by atoms with van der Waals surface area (Å²) < 4.78 is 0. The monoisotopic (exact) mass is 280 g/mol. The average Bonchev–Trinajstić information content (AvgIpc) is 2.90. The van der Waals surface area contributed by atoms with E-state index in [0.29, 0.717) is 27.1 Å². The number of aromatic nitrogens is 1. The number of hydrogen-bond donors (Lipinski definition) is 1. The average molecular weight is 281 g/mol. The number of H-pyrrole nitrogens is 1. The minimum Gasteiger partial charge on any atom is -0.360 e. The molecule has 0 saturated heterocycles. The summed E-state index contributed by atoms with van der Waals surface area (Å²) in [6, 6.07) is 14.2. The summed E-state index contributed by atoms with van der Waals surface area (Å²) in [5, 5.41) is 10.3. The van der Waals surface area contributed by atoms with Gasteiger partial charge in [-0.25, -0.2) is 0 Å². The number of aromatic amines is 1. The third-order valence-electron chi connectivity index (χ3n) is 3.16. The van der Waals surface area contributed by atoms with Crippen LogP contribution in [-0.4, -0.2) is 10.8 Å². The number of halogens is 1. The van der Waals surface area contributed by atoms with E-state index in [4.69, 9.17) is 11.6 Å². The number of ketones is 1. The van der Waals surface area contributed by atoms with Gasteiger partial charge in [-0.1, -0.05) is 29.8 Å². The van der Waals surface area contributed by atoms with Crippen molar-refractivity contribution in [3.05, 3.63) is 70.4 Å². The van der Waals surface area contributed by atoms with Gasteiger partial charge in [0.05, 0.1) is 11.6 Å². The molecule has 0 bridgehead atoms. The third kappa shape index (κ3) is 1.97. The molecule has 0 aliphatic rings. The maximum absolute atomic E-state index is 12.6. The highest BCUT2D eigenvalue weighted by Gasteiger charge is 2.16. The van der Waals surface area contributed by atoms with Crippen molar-refractivity contribution in [1.29, 1.82) is 5.26 Å². The van der Waals surface area contributed by atoms with Crippen LogP contribution in [0, 0.1) is 11.3 Å². The molecule has 96 valence electrons. The molecule has 0 unspecified atom stereocenters. The molecule has 0 saturated carbocycles. The van der Waals surface area contributed by atoms with Gasteiger partial charge in [0.2, 0.25) is 0 Å². The van der Waals surface area contributed by atoms with Crippen molar-refractivity contribution in [2.75, 3.05) is 0 Å². The minimum absolute atomic E-state index is 0.151. The van der Waals surface area contributed by atoms with Gasteiger partial charge >= 0.3 is 0 Å². The molecule has 3 rings (SSSR count). The molecule has 3 aromatic rings. The van der Waals surface area contributed by atoms with Crippen LogP contribution in [0.3, 0.4) is 0 Å². The molecule has 0 spiro atoms. The topological polar surface area (TPSA) is 56.6 Å². The van der Waals surface area contributed by atoms with E-state index in [1.807, 2.05) is 6.07 Å². The fraction of sp³-hybridized carbons (Fsp3) is 0. The number of hydrogen-bond acceptors (Lipinski definition) is 2. The van der Waals surface area contributed by atoms with Gasteiger partial charge in [-0.15, -0.1) is 0 Å². The van der Waals surface area contributed by atoms with Crippen LogP contribution < -0.4 is 0 Å². The van der Waals surface area contributed by atoms with Crippen LogP contribution in [0.25, 0.3) is 10.9 Å². The van der Waals surface area contributed by atoms with E-state index in [2.05, 4.69) is 11.1 Å². The summed E-state index contributed by atoms with van der Waals surface area (Å²) in [6.07, 6.45) is 1.63. The van der Waals surface area contributed by atoms with Crippen LogP contribution in [0.2, 0.25) is 5.02 Å². The predicted molar refractivity (Wildman–Crippen MR) is 77.9 cm³/mol. The number of benzene rings is 2. The van der Waals surface area contributed by atoms with Crippen molar-refractivity contribution in [2.45, 2.75) is 0 Å². The second kappa shape index (κ2) is 4.84. The standard InChI is InChI=1S/C16H9ClN2O/c17-12-5-1-3-10(7-12)16(20)13-9-19-14-6-2-4-11(8-18)15(13)14/h1-7,9,19H. The first kappa shape index (κ1) is 12.5. The van der Waals surface area contributed by atoms with E-state index in [-0.39, 0.29) is 5.78 Å². The quantitative estimate of drug-likeness (QED) is 0.723. The molecule has 0 aliphatic carbocycles. The molecule has 1 aromatic heterocycles. The molecule has 1 heterocycles. The van der Waals surface area contributed by atoms with E-state index in [1.54, 1.807) is 42.6 Å². The smallest absolute Gasteiger partial charge is 0.195 e. The zero-order valence-corrected chi connectivity index (χ0v) is 11.1. The Morgan fingerprint density at radius 3 is 2.75 bits per heavy atom. The van der Waals surface area contributed by atoms with Gasteiger partial charge in [0.1, 0.15) is 0 Å². The lowest BCUT2D eigenvalue weighted by atomic mass is 10.00. The summed E-state index contributed by atoms with van der Waals surface area (Å²) in [5.74, 6) is -0.151. The van der Waals surface area contributed by atoms with Crippen molar-refractivity contribution < 1.29 is 4.79 Å². The molecular weight excluding hydrogens is 272 g/mol. The van der Waals surface area contributed by atoms with Crippen molar-refractivity contribution in [3.8, 4) is 6.07 Å². The van der Waals surface area contributed by atoms with E-state index in [1.165, 1.54) is 0 Å². The molecule has 1 N–H and O–H groups in total. The van der Waals surface area contributed by atoms with Crippen LogP contribution in [-0.2, 0) is 0 Å². The Labute approximate surface area is 120 Å². The van der Waals surface area contributed by atoms with Gasteiger partial charge in [0, 0.05) is 33.2 Å². The summed E-state index contributed by atoms with van der Waals surface area (Å²) in [6.45, 7) is 0. The van der Waals surface area contributed by atoms with Crippen LogP contribution in [0.4, 0.5) is 0 Å². The zero-order chi connectivity index (χ0) is 14.1. The Hall–Kier alpha value is -2.57. The van der Waals surface area contributed by atoms with Crippen molar-refractivity contribution >= 4 is 28.3 Å². The first-order valence-electron chi connectivity index (χ1n) is 6.01. The maximum Gasteiger partial charge on any atom is 0.195 e. The number of carbonyl (C=O) groups excluding carboxylic acids is 1. The SMILES string of the molecule is N#Cc1cccc2[nH]cc(C(=O)c3cccc(Cl)c3)c12. The molecule has 2 aromatic carbocycles. The summed E-state index contributed by atoms with van der Waals surface area (Å²) >= 11 is 5.91. The number of fused-ring (bicyclic) bond motifs is 1. The van der Waals surface area contributed by atoms with Gasteiger partial charge in [0.15, 0.2) is 5.78 Å². The van der Waals surface area contributed by atoms with Crippen molar-refractivity contribution in [3.63, 3.8) is 0 Å². The van der Waals surface area contributed by atoms with Crippen molar-refractivity contribution in [2.24, 2.45) is 0 Å². The first-order chi connectivity index (χ1) is 9.70. The summed E-state index contributed by atoms with van der Waals surface area (Å²) in [5.41, 5.74) is 2.24. The summed E-state index contributed by atoms with van der Waals surface area (Å²) in [7, 11) is 0. The summed E-state index contributed by atoms with van der Waals surface area (Å²) in [4.78, 5) is 15.6. The number of nitriles is 1. The Morgan fingerprint density at radius 2 is 2.00 bits per heavy atom. The number of rotatable bonds is 2. The van der Waals surface area contributed by atoms with Gasteiger partial charge in [0.25, 0.3) is 0 Å². The molecule has 4 heteroatoms. The Kier molecular flexibility index (Phi) is 3.02. The van der Waals surface area contributed by atoms with E-state index >= 15 is 0 Å². The molecular formula is C16H9ClN2O. The largest absolute Gasteiger partial charge is 0.360 e. The Bertz CT molecular complexity index is 858. The molecule has 0 radical (unpaired) electrons. The molecule has 0 amide bonds. The van der Waals surface area contributed by atoms with E-state index < -0.39 is 0 Å². The van der Waals surface area contributed by atoms with Gasteiger partial charge in [-0.2, -0.15) is 5.26 Å². The van der Waals surface area contributed by atoms with Crippen LogP contribution in [0.15, 0.2) is 48.7 Å². The Balaban J connectivity index is 2.21. The molecule has 0 aliphatic heterocycles. The molecule has 3 nitrogen and oxygen atoms in total. The van der Waals surface area contributed by atoms with Crippen LogP contribution in [0.5, 0.6) is 0 Å². The second-order valence-electron chi connectivity index (χ2n) is 4.38. The highest BCUT2D eigenvalue weighted by molar-refractivity contribution is 6.31. The molecule has 0 fully saturated rings. The number of carbonyl (C=O) groups is 1. The zero-order valence-electron chi connectivity index (χ0n) is 10.4. The van der Waals surface area contributed by atoms with Crippen LogP contribution in [0.1, 0.15) is 21.5 Å². The third-order valence-corrected chi connectivity index (χ3v) is 3.39. The molecule has 0 atom stereocenters. The van der Waals surface area contributed by atoms with Gasteiger partial charge < -0.3 is 4.98 Å². The normalized spacial score (nSPS) is 10.4. The fourth-order valence-corrected chi connectivity index (χ4v) is 2.43. The fourth-order valence-electron chi connectivity index (χ4n) is 2.24. The lowest BCUT2D eigenvalue weighted by Crippen LogP contribution is -2.00.